The Balaban J connectivity index is 2.06. The lowest BCUT2D eigenvalue weighted by Gasteiger charge is -2.25. The van der Waals surface area contributed by atoms with Crippen molar-refractivity contribution >= 4 is 27.3 Å². The third kappa shape index (κ3) is 4.63. The monoisotopic (exact) mass is 447 g/mol. The molecule has 0 aliphatic rings. The number of hydrogen-bond acceptors (Lipinski definition) is 5. The van der Waals surface area contributed by atoms with E-state index >= 15 is 0 Å². The van der Waals surface area contributed by atoms with Crippen molar-refractivity contribution in [2.24, 2.45) is 0 Å². The van der Waals surface area contributed by atoms with Crippen LogP contribution in [-0.4, -0.2) is 29.7 Å². The molecule has 158 valence electrons. The summed E-state index contributed by atoms with van der Waals surface area (Å²) in [6.07, 6.45) is 0. The number of ether oxygens (including phenoxy) is 3. The second kappa shape index (κ2) is 9.28. The third-order valence-electron chi connectivity index (χ3n) is 4.54. The van der Waals surface area contributed by atoms with Gasteiger partial charge in [0, 0.05) is 5.02 Å². The van der Waals surface area contributed by atoms with Gasteiger partial charge in [-0.15, -0.1) is 0 Å². The summed E-state index contributed by atoms with van der Waals surface area (Å²) in [7, 11) is 0.777. The Labute approximate surface area is 181 Å². The van der Waals surface area contributed by atoms with Gasteiger partial charge in [-0.1, -0.05) is 17.7 Å². The minimum absolute atomic E-state index is 0.0949. The van der Waals surface area contributed by atoms with Crippen LogP contribution in [0.4, 0.5) is 5.69 Å². The molecule has 0 heterocycles. The van der Waals surface area contributed by atoms with Crippen LogP contribution < -0.4 is 18.5 Å². The van der Waals surface area contributed by atoms with E-state index in [1.165, 1.54) is 23.5 Å². The zero-order chi connectivity index (χ0) is 21.7. The number of rotatable bonds is 8. The minimum atomic E-state index is -3.86. The number of methoxy groups -OCH3 is 3. The average Bonchev–Trinajstić information content (AvgIpc) is 2.77. The molecule has 8 heteroatoms. The molecule has 3 aromatic carbocycles. The molecular formula is C22H22ClNO5S. The van der Waals surface area contributed by atoms with E-state index in [-0.39, 0.29) is 11.4 Å². The molecule has 0 saturated heterocycles. The maximum Gasteiger partial charge on any atom is 0.264 e. The Kier molecular flexibility index (Phi) is 6.74. The van der Waals surface area contributed by atoms with Crippen molar-refractivity contribution < 1.29 is 22.6 Å². The lowest BCUT2D eigenvalue weighted by atomic mass is 10.2. The van der Waals surface area contributed by atoms with Crippen molar-refractivity contribution in [1.82, 2.24) is 0 Å². The van der Waals surface area contributed by atoms with Gasteiger partial charge in [-0.05, 0) is 66.2 Å². The summed E-state index contributed by atoms with van der Waals surface area (Å²) >= 11 is 5.94. The molecule has 0 unspecified atom stereocenters. The quantitative estimate of drug-likeness (QED) is 0.498. The molecular weight excluding hydrogens is 426 g/mol. The summed E-state index contributed by atoms with van der Waals surface area (Å²) in [6, 6.07) is 18.2. The van der Waals surface area contributed by atoms with Crippen LogP contribution in [0.5, 0.6) is 17.2 Å². The van der Waals surface area contributed by atoms with Crippen LogP contribution in [0.3, 0.4) is 0 Å². The van der Waals surface area contributed by atoms with Crippen molar-refractivity contribution in [2.75, 3.05) is 25.6 Å². The van der Waals surface area contributed by atoms with E-state index in [1.54, 1.807) is 68.8 Å². The molecule has 0 aliphatic carbocycles. The summed E-state index contributed by atoms with van der Waals surface area (Å²) in [5.74, 6) is 1.72. The highest BCUT2D eigenvalue weighted by atomic mass is 35.5. The van der Waals surface area contributed by atoms with Gasteiger partial charge >= 0.3 is 0 Å². The van der Waals surface area contributed by atoms with E-state index in [0.717, 1.165) is 5.56 Å². The van der Waals surface area contributed by atoms with Crippen molar-refractivity contribution in [2.45, 2.75) is 11.4 Å². The van der Waals surface area contributed by atoms with Crippen molar-refractivity contribution in [3.05, 3.63) is 77.3 Å². The number of nitrogens with zero attached hydrogens (tertiary/aromatic N) is 1. The van der Waals surface area contributed by atoms with Gasteiger partial charge in [-0.3, -0.25) is 4.31 Å². The van der Waals surface area contributed by atoms with Crippen molar-refractivity contribution in [1.29, 1.82) is 0 Å². The average molecular weight is 448 g/mol. The molecule has 30 heavy (non-hydrogen) atoms. The molecule has 0 aromatic heterocycles. The van der Waals surface area contributed by atoms with Gasteiger partial charge in [0.2, 0.25) is 0 Å². The molecule has 0 spiro atoms. The summed E-state index contributed by atoms with van der Waals surface area (Å²) in [5, 5.41) is 0.463. The van der Waals surface area contributed by atoms with Crippen LogP contribution >= 0.6 is 11.6 Å². The SMILES string of the molecule is COc1ccc(N(Cc2ccc(OC)c(OC)c2)S(=O)(=O)c2ccc(Cl)cc2)cc1. The Hall–Kier alpha value is -2.90. The summed E-state index contributed by atoms with van der Waals surface area (Å²) in [5.41, 5.74) is 1.24. The summed E-state index contributed by atoms with van der Waals surface area (Å²) in [6.45, 7) is 0.0949. The minimum Gasteiger partial charge on any atom is -0.497 e. The highest BCUT2D eigenvalue weighted by Gasteiger charge is 2.26. The van der Waals surface area contributed by atoms with Crippen LogP contribution in [0.1, 0.15) is 5.56 Å². The number of anilines is 1. The lowest BCUT2D eigenvalue weighted by molar-refractivity contribution is 0.354. The van der Waals surface area contributed by atoms with E-state index in [4.69, 9.17) is 25.8 Å². The van der Waals surface area contributed by atoms with E-state index in [0.29, 0.717) is 28.0 Å². The Morgan fingerprint density at radius 1 is 0.800 bits per heavy atom. The molecule has 0 radical (unpaired) electrons. The second-order valence-corrected chi connectivity index (χ2v) is 8.65. The Morgan fingerprint density at radius 2 is 1.43 bits per heavy atom. The number of sulfonamides is 1. The normalized spacial score (nSPS) is 11.1. The molecule has 0 bridgehead atoms. The first-order chi connectivity index (χ1) is 14.4. The van der Waals surface area contributed by atoms with Gasteiger partial charge in [0.15, 0.2) is 11.5 Å². The van der Waals surface area contributed by atoms with Gasteiger partial charge < -0.3 is 14.2 Å². The molecule has 0 atom stereocenters. The standard InChI is InChI=1S/C22H22ClNO5S/c1-27-19-9-7-18(8-10-19)24(30(25,26)20-11-5-17(23)6-12-20)15-16-4-13-21(28-2)22(14-16)29-3/h4-14H,15H2,1-3H3. The van der Waals surface area contributed by atoms with E-state index in [9.17, 15) is 8.42 Å². The number of hydrogen-bond donors (Lipinski definition) is 0. The zero-order valence-electron chi connectivity index (χ0n) is 16.8. The number of halogens is 1. The zero-order valence-corrected chi connectivity index (χ0v) is 18.4. The molecule has 3 rings (SSSR count). The molecule has 0 N–H and O–H groups in total. The maximum absolute atomic E-state index is 13.5. The lowest BCUT2D eigenvalue weighted by Crippen LogP contribution is -2.30. The highest BCUT2D eigenvalue weighted by Crippen LogP contribution is 2.32. The Bertz CT molecular complexity index is 1100. The fourth-order valence-corrected chi connectivity index (χ4v) is 4.52. The van der Waals surface area contributed by atoms with Crippen LogP contribution in [0.15, 0.2) is 71.6 Å². The highest BCUT2D eigenvalue weighted by molar-refractivity contribution is 7.92. The predicted molar refractivity (Wildman–Crippen MR) is 117 cm³/mol. The van der Waals surface area contributed by atoms with Crippen LogP contribution in [0, 0.1) is 0 Å². The number of benzene rings is 3. The topological polar surface area (TPSA) is 65.1 Å². The van der Waals surface area contributed by atoms with E-state index in [1.807, 2.05) is 0 Å². The van der Waals surface area contributed by atoms with Gasteiger partial charge in [0.25, 0.3) is 10.0 Å². The van der Waals surface area contributed by atoms with E-state index < -0.39 is 10.0 Å². The van der Waals surface area contributed by atoms with Gasteiger partial charge in [-0.25, -0.2) is 8.42 Å². The van der Waals surface area contributed by atoms with Gasteiger partial charge in [0.1, 0.15) is 5.75 Å². The molecule has 0 aliphatic heterocycles. The van der Waals surface area contributed by atoms with Crippen molar-refractivity contribution in [3.8, 4) is 17.2 Å². The van der Waals surface area contributed by atoms with Crippen LogP contribution in [-0.2, 0) is 16.6 Å². The maximum atomic E-state index is 13.5. The van der Waals surface area contributed by atoms with Crippen LogP contribution in [0.25, 0.3) is 0 Å². The molecule has 0 amide bonds. The van der Waals surface area contributed by atoms with Gasteiger partial charge in [0.05, 0.1) is 38.5 Å². The van der Waals surface area contributed by atoms with Crippen molar-refractivity contribution in [3.63, 3.8) is 0 Å². The summed E-state index contributed by atoms with van der Waals surface area (Å²) in [4.78, 5) is 0.142. The molecule has 3 aromatic rings. The van der Waals surface area contributed by atoms with Gasteiger partial charge in [-0.2, -0.15) is 0 Å². The van der Waals surface area contributed by atoms with E-state index in [2.05, 4.69) is 0 Å². The largest absolute Gasteiger partial charge is 0.497 e. The fraction of sp³-hybridized carbons (Fsp3) is 0.182. The summed E-state index contributed by atoms with van der Waals surface area (Å²) < 4.78 is 44.1. The first kappa shape index (κ1) is 21.8. The Morgan fingerprint density at radius 3 is 2.00 bits per heavy atom. The van der Waals surface area contributed by atoms with Crippen LogP contribution in [0.2, 0.25) is 5.02 Å². The second-order valence-electron chi connectivity index (χ2n) is 6.35. The third-order valence-corrected chi connectivity index (χ3v) is 6.58. The first-order valence-electron chi connectivity index (χ1n) is 9.02. The predicted octanol–water partition coefficient (Wildman–Crippen LogP) is 4.76. The smallest absolute Gasteiger partial charge is 0.264 e. The fourth-order valence-electron chi connectivity index (χ4n) is 2.94. The molecule has 0 saturated carbocycles. The molecule has 6 nitrogen and oxygen atoms in total. The molecule has 0 fully saturated rings. The first-order valence-corrected chi connectivity index (χ1v) is 10.8.